The minimum Gasteiger partial charge on any atom is -0.478 e. The van der Waals surface area contributed by atoms with Gasteiger partial charge in [0.25, 0.3) is 11.8 Å². The van der Waals surface area contributed by atoms with Crippen molar-refractivity contribution in [2.75, 3.05) is 4.90 Å². The van der Waals surface area contributed by atoms with Crippen molar-refractivity contribution in [2.24, 2.45) is 0 Å². The first-order valence-electron chi connectivity index (χ1n) is 9.36. The van der Waals surface area contributed by atoms with Gasteiger partial charge in [-0.1, -0.05) is 28.1 Å². The SMILES string of the molecule is Cc1cc(C(=O)O)ccc1-c1ccc(/C=C2\C(=O)NC(=O)N(c3cccc(Br)c3)C2=O)o1. The number of amides is 4. The normalized spacial score (nSPS) is 15.2. The van der Waals surface area contributed by atoms with E-state index in [0.717, 1.165) is 4.90 Å². The number of hydrogen-bond donors (Lipinski definition) is 2. The average Bonchev–Trinajstić information content (AvgIpc) is 3.19. The molecular weight excluding hydrogens is 480 g/mol. The van der Waals surface area contributed by atoms with Crippen LogP contribution in [0.1, 0.15) is 21.7 Å². The molecular formula is C23H15BrN2O6. The second-order valence-electron chi connectivity index (χ2n) is 6.97. The molecule has 2 N–H and O–H groups in total. The molecule has 0 spiro atoms. The van der Waals surface area contributed by atoms with Crippen molar-refractivity contribution in [2.45, 2.75) is 6.92 Å². The highest BCUT2D eigenvalue weighted by Gasteiger charge is 2.37. The number of nitrogens with one attached hydrogen (secondary N) is 1. The Morgan fingerprint density at radius 2 is 1.88 bits per heavy atom. The van der Waals surface area contributed by atoms with Gasteiger partial charge in [0.2, 0.25) is 0 Å². The Balaban J connectivity index is 1.67. The van der Waals surface area contributed by atoms with Gasteiger partial charge in [-0.2, -0.15) is 0 Å². The van der Waals surface area contributed by atoms with Crippen LogP contribution in [0.4, 0.5) is 10.5 Å². The maximum absolute atomic E-state index is 13.0. The van der Waals surface area contributed by atoms with E-state index < -0.39 is 23.8 Å². The van der Waals surface area contributed by atoms with E-state index in [9.17, 15) is 19.2 Å². The van der Waals surface area contributed by atoms with Crippen molar-refractivity contribution in [1.29, 1.82) is 0 Å². The van der Waals surface area contributed by atoms with Crippen LogP contribution < -0.4 is 10.2 Å². The topological polar surface area (TPSA) is 117 Å². The fraction of sp³-hybridized carbons (Fsp3) is 0.0435. The zero-order valence-corrected chi connectivity index (χ0v) is 18.2. The van der Waals surface area contributed by atoms with Crippen LogP contribution in [0.15, 0.2) is 69.1 Å². The number of imide groups is 2. The summed E-state index contributed by atoms with van der Waals surface area (Å²) in [4.78, 5) is 49.6. The van der Waals surface area contributed by atoms with Crippen molar-refractivity contribution in [3.05, 3.63) is 81.5 Å². The maximum Gasteiger partial charge on any atom is 0.335 e. The largest absolute Gasteiger partial charge is 0.478 e. The summed E-state index contributed by atoms with van der Waals surface area (Å²) >= 11 is 3.29. The first-order chi connectivity index (χ1) is 15.2. The first-order valence-corrected chi connectivity index (χ1v) is 10.1. The zero-order chi connectivity index (χ0) is 23.0. The zero-order valence-electron chi connectivity index (χ0n) is 16.6. The number of carbonyl (C=O) groups excluding carboxylic acids is 3. The van der Waals surface area contributed by atoms with Crippen molar-refractivity contribution < 1.29 is 28.7 Å². The molecule has 32 heavy (non-hydrogen) atoms. The number of halogens is 1. The lowest BCUT2D eigenvalue weighted by Crippen LogP contribution is -2.54. The van der Waals surface area contributed by atoms with Gasteiger partial charge < -0.3 is 9.52 Å². The second-order valence-corrected chi connectivity index (χ2v) is 7.89. The molecule has 4 amide bonds. The van der Waals surface area contributed by atoms with Crippen LogP contribution in [0.3, 0.4) is 0 Å². The molecule has 160 valence electrons. The van der Waals surface area contributed by atoms with Gasteiger partial charge in [0.1, 0.15) is 17.1 Å². The standard InChI is InChI=1S/C23H15BrN2O6/c1-12-9-13(22(29)30)5-7-17(12)19-8-6-16(32-19)11-18-20(27)25-23(31)26(21(18)28)15-4-2-3-14(24)10-15/h2-11H,1H3,(H,29,30)(H,25,27,31)/b18-11+. The fourth-order valence-corrected chi connectivity index (χ4v) is 3.68. The van der Waals surface area contributed by atoms with E-state index in [1.807, 2.05) is 0 Å². The number of aryl methyl sites for hydroxylation is 1. The number of benzene rings is 2. The molecule has 0 radical (unpaired) electrons. The molecule has 0 saturated carbocycles. The van der Waals surface area contributed by atoms with Crippen LogP contribution >= 0.6 is 15.9 Å². The number of carboxylic acid groups (broad SMARTS) is 1. The molecule has 0 atom stereocenters. The van der Waals surface area contributed by atoms with E-state index in [1.54, 1.807) is 49.4 Å². The minimum absolute atomic E-state index is 0.155. The Morgan fingerprint density at radius 3 is 2.56 bits per heavy atom. The van der Waals surface area contributed by atoms with Gasteiger partial charge in [0.15, 0.2) is 0 Å². The second kappa shape index (κ2) is 8.27. The smallest absolute Gasteiger partial charge is 0.335 e. The van der Waals surface area contributed by atoms with Crippen LogP contribution in [0.25, 0.3) is 17.4 Å². The van der Waals surface area contributed by atoms with Gasteiger partial charge in [0.05, 0.1) is 11.3 Å². The number of hydrogen-bond acceptors (Lipinski definition) is 5. The van der Waals surface area contributed by atoms with E-state index in [1.165, 1.54) is 18.2 Å². The van der Waals surface area contributed by atoms with Crippen LogP contribution in [0, 0.1) is 6.92 Å². The van der Waals surface area contributed by atoms with E-state index in [2.05, 4.69) is 21.2 Å². The number of nitrogens with zero attached hydrogens (tertiary/aromatic N) is 1. The Kier molecular flexibility index (Phi) is 5.50. The predicted molar refractivity (Wildman–Crippen MR) is 119 cm³/mol. The molecule has 1 saturated heterocycles. The van der Waals surface area contributed by atoms with Crippen molar-refractivity contribution in [3.63, 3.8) is 0 Å². The number of rotatable bonds is 4. The Bertz CT molecular complexity index is 1320. The lowest BCUT2D eigenvalue weighted by molar-refractivity contribution is -0.122. The van der Waals surface area contributed by atoms with Crippen LogP contribution in [0.2, 0.25) is 0 Å². The molecule has 2 heterocycles. The van der Waals surface area contributed by atoms with Crippen molar-refractivity contribution >= 4 is 51.5 Å². The quantitative estimate of drug-likeness (QED) is 0.410. The summed E-state index contributed by atoms with van der Waals surface area (Å²) in [7, 11) is 0. The van der Waals surface area contributed by atoms with E-state index in [0.29, 0.717) is 27.0 Å². The molecule has 1 aliphatic heterocycles. The summed E-state index contributed by atoms with van der Waals surface area (Å²) in [5.74, 6) is -1.97. The number of barbiturate groups is 1. The lowest BCUT2D eigenvalue weighted by atomic mass is 10.0. The molecule has 2 aromatic carbocycles. The monoisotopic (exact) mass is 494 g/mol. The molecule has 0 bridgehead atoms. The van der Waals surface area contributed by atoms with Gasteiger partial charge in [-0.3, -0.25) is 14.9 Å². The summed E-state index contributed by atoms with van der Waals surface area (Å²) < 4.78 is 6.44. The molecule has 9 heteroatoms. The van der Waals surface area contributed by atoms with Crippen LogP contribution in [0.5, 0.6) is 0 Å². The van der Waals surface area contributed by atoms with Crippen LogP contribution in [-0.4, -0.2) is 28.9 Å². The fourth-order valence-electron chi connectivity index (χ4n) is 3.30. The van der Waals surface area contributed by atoms with E-state index in [-0.39, 0.29) is 16.9 Å². The van der Waals surface area contributed by atoms with Gasteiger partial charge in [0, 0.05) is 10.0 Å². The number of carbonyl (C=O) groups is 4. The van der Waals surface area contributed by atoms with E-state index in [4.69, 9.17) is 9.52 Å². The first kappa shape index (κ1) is 21.3. The third-order valence-electron chi connectivity index (χ3n) is 4.82. The third-order valence-corrected chi connectivity index (χ3v) is 5.31. The highest BCUT2D eigenvalue weighted by atomic mass is 79.9. The Labute approximate surface area is 190 Å². The number of anilines is 1. The van der Waals surface area contributed by atoms with Crippen molar-refractivity contribution in [3.8, 4) is 11.3 Å². The molecule has 1 aromatic heterocycles. The number of aromatic carboxylic acids is 1. The van der Waals surface area contributed by atoms with E-state index >= 15 is 0 Å². The number of carboxylic acids is 1. The Morgan fingerprint density at radius 1 is 1.09 bits per heavy atom. The highest BCUT2D eigenvalue weighted by molar-refractivity contribution is 9.10. The molecule has 8 nitrogen and oxygen atoms in total. The summed E-state index contributed by atoms with van der Waals surface area (Å²) in [6.07, 6.45) is 1.26. The predicted octanol–water partition coefficient (Wildman–Crippen LogP) is 4.38. The average molecular weight is 495 g/mol. The minimum atomic E-state index is -1.03. The highest BCUT2D eigenvalue weighted by Crippen LogP contribution is 2.29. The summed E-state index contributed by atoms with van der Waals surface area (Å²) in [5.41, 5.74) is 1.56. The molecule has 1 aliphatic rings. The Hall–Kier alpha value is -3.98. The molecule has 4 rings (SSSR count). The molecule has 0 unspecified atom stereocenters. The van der Waals surface area contributed by atoms with Gasteiger partial charge in [-0.05, 0) is 61.0 Å². The van der Waals surface area contributed by atoms with Crippen LogP contribution in [-0.2, 0) is 9.59 Å². The number of urea groups is 1. The molecule has 3 aromatic rings. The van der Waals surface area contributed by atoms with Gasteiger partial charge in [-0.25, -0.2) is 14.5 Å². The summed E-state index contributed by atoms with van der Waals surface area (Å²) in [6.45, 7) is 1.75. The maximum atomic E-state index is 13.0. The summed E-state index contributed by atoms with van der Waals surface area (Å²) in [6, 6.07) is 13.6. The third kappa shape index (κ3) is 3.97. The summed E-state index contributed by atoms with van der Waals surface area (Å²) in [5, 5.41) is 11.3. The van der Waals surface area contributed by atoms with Gasteiger partial charge in [-0.15, -0.1) is 0 Å². The van der Waals surface area contributed by atoms with Crippen molar-refractivity contribution in [1.82, 2.24) is 5.32 Å². The van der Waals surface area contributed by atoms with Gasteiger partial charge >= 0.3 is 12.0 Å². The molecule has 0 aliphatic carbocycles. The molecule has 1 fully saturated rings. The lowest BCUT2D eigenvalue weighted by Gasteiger charge is -2.26. The number of furan rings is 1.